The number of aromatic nitrogens is 1. The van der Waals surface area contributed by atoms with E-state index in [0.717, 1.165) is 55.5 Å². The molecule has 0 fully saturated rings. The van der Waals surface area contributed by atoms with Crippen LogP contribution < -0.4 is 4.90 Å². The molecule has 0 aliphatic carbocycles. The lowest BCUT2D eigenvalue weighted by Crippen LogP contribution is -2.11. The SMILES string of the molecule is c1ccc(-c2ccc(N(c3cccc(-c4cccc5ccccc45)c3)c3cc4c(ccc5c6ccccc6oc45)cn3)cc2)cc1. The summed E-state index contributed by atoms with van der Waals surface area (Å²) >= 11 is 0. The van der Waals surface area contributed by atoms with Crippen molar-refractivity contribution < 1.29 is 4.42 Å². The Hall–Kier alpha value is -6.19. The zero-order valence-electron chi connectivity index (χ0n) is 25.0. The quantitative estimate of drug-likeness (QED) is 0.200. The van der Waals surface area contributed by atoms with E-state index in [4.69, 9.17) is 9.40 Å². The van der Waals surface area contributed by atoms with Gasteiger partial charge in [-0.05, 0) is 75.5 Å². The molecule has 46 heavy (non-hydrogen) atoms. The van der Waals surface area contributed by atoms with Crippen molar-refractivity contribution in [3.63, 3.8) is 0 Å². The summed E-state index contributed by atoms with van der Waals surface area (Å²) < 4.78 is 6.45. The van der Waals surface area contributed by atoms with Crippen LogP contribution in [0.15, 0.2) is 174 Å². The van der Waals surface area contributed by atoms with E-state index in [1.165, 1.54) is 27.5 Å². The Morgan fingerprint density at radius 2 is 1.15 bits per heavy atom. The highest BCUT2D eigenvalue weighted by Crippen LogP contribution is 2.40. The van der Waals surface area contributed by atoms with Gasteiger partial charge in [-0.2, -0.15) is 0 Å². The summed E-state index contributed by atoms with van der Waals surface area (Å²) in [4.78, 5) is 7.28. The lowest BCUT2D eigenvalue weighted by molar-refractivity contribution is 0.672. The maximum absolute atomic E-state index is 6.45. The van der Waals surface area contributed by atoms with Crippen LogP contribution in [0.5, 0.6) is 0 Å². The molecule has 0 amide bonds. The van der Waals surface area contributed by atoms with Gasteiger partial charge in [-0.1, -0.05) is 121 Å². The third-order valence-electron chi connectivity index (χ3n) is 8.90. The van der Waals surface area contributed by atoms with E-state index in [1.54, 1.807) is 0 Å². The van der Waals surface area contributed by atoms with Crippen LogP contribution in [0.2, 0.25) is 0 Å². The first kappa shape index (κ1) is 26.2. The maximum atomic E-state index is 6.45. The Labute approximate surface area is 266 Å². The number of anilines is 3. The normalized spacial score (nSPS) is 11.5. The van der Waals surface area contributed by atoms with E-state index in [9.17, 15) is 0 Å². The zero-order chi connectivity index (χ0) is 30.5. The standard InChI is InChI=1S/C43H28N2O/c1-2-10-29(11-3-1)30-20-23-34(24-21-30)45(35-15-8-14-32(26-35)37-18-9-13-31-12-4-5-16-36(31)37)42-27-40-33(28-44-42)22-25-39-38-17-6-7-19-41(38)46-43(39)40/h1-28H. The molecule has 0 saturated carbocycles. The van der Waals surface area contributed by atoms with E-state index in [0.29, 0.717) is 0 Å². The van der Waals surface area contributed by atoms with E-state index in [2.05, 4.69) is 150 Å². The Morgan fingerprint density at radius 3 is 2.04 bits per heavy atom. The Kier molecular flexibility index (Phi) is 6.14. The highest BCUT2D eigenvalue weighted by Gasteiger charge is 2.18. The first-order chi connectivity index (χ1) is 22.8. The number of furan rings is 1. The average Bonchev–Trinajstić information content (AvgIpc) is 3.52. The fourth-order valence-electron chi connectivity index (χ4n) is 6.65. The number of fused-ring (bicyclic) bond motifs is 6. The average molecular weight is 589 g/mol. The van der Waals surface area contributed by atoms with Gasteiger partial charge in [0.1, 0.15) is 17.0 Å². The van der Waals surface area contributed by atoms with Crippen LogP contribution in [0.25, 0.3) is 65.7 Å². The van der Waals surface area contributed by atoms with Gasteiger partial charge in [-0.25, -0.2) is 4.98 Å². The molecule has 216 valence electrons. The topological polar surface area (TPSA) is 29.3 Å². The molecule has 3 heteroatoms. The van der Waals surface area contributed by atoms with Crippen molar-refractivity contribution in [1.29, 1.82) is 0 Å². The molecule has 2 heterocycles. The summed E-state index contributed by atoms with van der Waals surface area (Å²) in [5.41, 5.74) is 8.54. The summed E-state index contributed by atoms with van der Waals surface area (Å²) in [6.07, 6.45) is 1.96. The van der Waals surface area contributed by atoms with Gasteiger partial charge >= 0.3 is 0 Å². The molecule has 9 rings (SSSR count). The van der Waals surface area contributed by atoms with Crippen LogP contribution in [0.1, 0.15) is 0 Å². The Balaban J connectivity index is 1.24. The van der Waals surface area contributed by atoms with Gasteiger partial charge in [0, 0.05) is 39.1 Å². The van der Waals surface area contributed by atoms with E-state index in [-0.39, 0.29) is 0 Å². The van der Waals surface area contributed by atoms with Gasteiger partial charge in [0.05, 0.1) is 0 Å². The second-order valence-corrected chi connectivity index (χ2v) is 11.6. The van der Waals surface area contributed by atoms with Crippen LogP contribution in [0, 0.1) is 0 Å². The fraction of sp³-hybridized carbons (Fsp3) is 0. The number of benzene rings is 7. The Bertz CT molecular complexity index is 2530. The summed E-state index contributed by atoms with van der Waals surface area (Å²) in [6, 6.07) is 57.7. The third-order valence-corrected chi connectivity index (χ3v) is 8.90. The smallest absolute Gasteiger partial charge is 0.143 e. The predicted octanol–water partition coefficient (Wildman–Crippen LogP) is 12.1. The molecule has 0 aliphatic heterocycles. The minimum atomic E-state index is 0.822. The molecular weight excluding hydrogens is 560 g/mol. The number of pyridine rings is 1. The summed E-state index contributed by atoms with van der Waals surface area (Å²) in [6.45, 7) is 0. The molecule has 0 aliphatic rings. The zero-order valence-corrected chi connectivity index (χ0v) is 25.0. The number of hydrogen-bond acceptors (Lipinski definition) is 3. The van der Waals surface area contributed by atoms with Crippen LogP contribution in [-0.4, -0.2) is 4.98 Å². The second-order valence-electron chi connectivity index (χ2n) is 11.6. The molecule has 2 aromatic heterocycles. The molecule has 0 N–H and O–H groups in total. The number of rotatable bonds is 5. The molecule has 3 nitrogen and oxygen atoms in total. The summed E-state index contributed by atoms with van der Waals surface area (Å²) in [7, 11) is 0. The minimum Gasteiger partial charge on any atom is -0.455 e. The van der Waals surface area contributed by atoms with E-state index >= 15 is 0 Å². The van der Waals surface area contributed by atoms with Crippen molar-refractivity contribution in [3.05, 3.63) is 170 Å². The van der Waals surface area contributed by atoms with Crippen molar-refractivity contribution in [1.82, 2.24) is 4.98 Å². The van der Waals surface area contributed by atoms with Gasteiger partial charge in [-0.15, -0.1) is 0 Å². The van der Waals surface area contributed by atoms with Crippen molar-refractivity contribution >= 4 is 60.7 Å². The van der Waals surface area contributed by atoms with Gasteiger partial charge in [0.2, 0.25) is 0 Å². The van der Waals surface area contributed by atoms with Crippen LogP contribution in [-0.2, 0) is 0 Å². The number of hydrogen-bond donors (Lipinski definition) is 0. The van der Waals surface area contributed by atoms with Crippen molar-refractivity contribution in [2.24, 2.45) is 0 Å². The Morgan fingerprint density at radius 1 is 0.435 bits per heavy atom. The van der Waals surface area contributed by atoms with Gasteiger partial charge in [0.15, 0.2) is 0 Å². The van der Waals surface area contributed by atoms with Gasteiger partial charge < -0.3 is 4.42 Å². The molecule has 7 aromatic carbocycles. The van der Waals surface area contributed by atoms with E-state index < -0.39 is 0 Å². The van der Waals surface area contributed by atoms with Crippen molar-refractivity contribution in [2.75, 3.05) is 4.90 Å². The largest absolute Gasteiger partial charge is 0.455 e. The number of para-hydroxylation sites is 1. The lowest BCUT2D eigenvalue weighted by atomic mass is 9.97. The fourth-order valence-corrected chi connectivity index (χ4v) is 6.65. The second kappa shape index (κ2) is 10.8. The molecule has 0 spiro atoms. The molecule has 0 saturated heterocycles. The first-order valence-electron chi connectivity index (χ1n) is 15.5. The third kappa shape index (κ3) is 4.41. The van der Waals surface area contributed by atoms with Crippen LogP contribution in [0.4, 0.5) is 17.2 Å². The van der Waals surface area contributed by atoms with Crippen LogP contribution >= 0.6 is 0 Å². The van der Waals surface area contributed by atoms with Crippen molar-refractivity contribution in [2.45, 2.75) is 0 Å². The molecule has 0 unspecified atom stereocenters. The molecule has 0 atom stereocenters. The highest BCUT2D eigenvalue weighted by molar-refractivity contribution is 6.15. The van der Waals surface area contributed by atoms with E-state index in [1.807, 2.05) is 24.4 Å². The van der Waals surface area contributed by atoms with Crippen molar-refractivity contribution in [3.8, 4) is 22.3 Å². The minimum absolute atomic E-state index is 0.822. The predicted molar refractivity (Wildman–Crippen MR) is 192 cm³/mol. The molecular formula is C43H28N2O. The molecule has 0 bridgehead atoms. The highest BCUT2D eigenvalue weighted by atomic mass is 16.3. The monoisotopic (exact) mass is 588 g/mol. The summed E-state index contributed by atoms with van der Waals surface area (Å²) in [5, 5.41) is 6.77. The van der Waals surface area contributed by atoms with Gasteiger partial charge in [0.25, 0.3) is 0 Å². The maximum Gasteiger partial charge on any atom is 0.143 e. The summed E-state index contributed by atoms with van der Waals surface area (Å²) in [5.74, 6) is 0.822. The first-order valence-corrected chi connectivity index (χ1v) is 15.5. The van der Waals surface area contributed by atoms with Gasteiger partial charge in [-0.3, -0.25) is 4.90 Å². The molecule has 9 aromatic rings. The lowest BCUT2D eigenvalue weighted by Gasteiger charge is -2.25. The molecule has 0 radical (unpaired) electrons. The number of nitrogens with zero attached hydrogens (tertiary/aromatic N) is 2. The van der Waals surface area contributed by atoms with Crippen LogP contribution in [0.3, 0.4) is 0 Å².